The molecule has 182 valence electrons. The lowest BCUT2D eigenvalue weighted by Crippen LogP contribution is -2.58. The molecule has 14 nitrogen and oxygen atoms in total. The molecule has 0 spiro atoms. The molecular weight excluding hydrogens is 432 g/mol. The van der Waals surface area contributed by atoms with E-state index in [0.29, 0.717) is 0 Å². The zero-order valence-corrected chi connectivity index (χ0v) is 17.7. The number of amides is 3. The van der Waals surface area contributed by atoms with Crippen LogP contribution < -0.4 is 21.7 Å². The second-order valence-electron chi connectivity index (χ2n) is 7.47. The quantitative estimate of drug-likeness (QED) is 0.124. The molecule has 4 atom stereocenters. The number of nitrogens with one attached hydrogen (secondary N) is 3. The minimum atomic E-state index is -1.71. The molecule has 9 N–H and O–H groups in total. The number of aliphatic hydroxyl groups is 1. The summed E-state index contributed by atoms with van der Waals surface area (Å²) in [5.74, 6) is -7.21. The van der Waals surface area contributed by atoms with E-state index in [2.05, 4.69) is 10.6 Å². The average Bonchev–Trinajstić information content (AvgIpc) is 2.67. The Bertz CT molecular complexity index is 712. The lowest BCUT2D eigenvalue weighted by molar-refractivity contribution is -0.144. The highest BCUT2D eigenvalue weighted by Crippen LogP contribution is 2.07. The first-order valence-electron chi connectivity index (χ1n) is 9.72. The average molecular weight is 462 g/mol. The van der Waals surface area contributed by atoms with Gasteiger partial charge in [-0.15, -0.1) is 0 Å². The number of carboxylic acid groups (broad SMARTS) is 3. The van der Waals surface area contributed by atoms with Crippen LogP contribution in [0.15, 0.2) is 0 Å². The van der Waals surface area contributed by atoms with Crippen LogP contribution in [0.25, 0.3) is 0 Å². The van der Waals surface area contributed by atoms with E-state index in [0.717, 1.165) is 0 Å². The Kier molecular flexibility index (Phi) is 12.5. The van der Waals surface area contributed by atoms with Crippen molar-refractivity contribution in [2.24, 2.45) is 11.7 Å². The summed E-state index contributed by atoms with van der Waals surface area (Å²) in [5.41, 5.74) is 5.63. The first-order chi connectivity index (χ1) is 14.8. The summed E-state index contributed by atoms with van der Waals surface area (Å²) >= 11 is 0. The largest absolute Gasteiger partial charge is 0.481 e. The van der Waals surface area contributed by atoms with Gasteiger partial charge in [-0.1, -0.05) is 13.8 Å². The first-order valence-corrected chi connectivity index (χ1v) is 9.72. The van der Waals surface area contributed by atoms with Crippen LogP contribution in [0.4, 0.5) is 0 Å². The molecule has 32 heavy (non-hydrogen) atoms. The van der Waals surface area contributed by atoms with E-state index >= 15 is 0 Å². The minimum absolute atomic E-state index is 0.0824. The van der Waals surface area contributed by atoms with Gasteiger partial charge in [-0.3, -0.25) is 24.0 Å². The number of rotatable bonds is 15. The molecule has 14 heteroatoms. The molecule has 0 aliphatic carbocycles. The molecule has 0 bridgehead atoms. The van der Waals surface area contributed by atoms with Crippen molar-refractivity contribution in [3.05, 3.63) is 0 Å². The van der Waals surface area contributed by atoms with Crippen LogP contribution in [0.2, 0.25) is 0 Å². The fraction of sp³-hybridized carbons (Fsp3) is 0.667. The fourth-order valence-corrected chi connectivity index (χ4v) is 2.51. The predicted molar refractivity (Wildman–Crippen MR) is 107 cm³/mol. The highest BCUT2D eigenvalue weighted by atomic mass is 16.4. The van der Waals surface area contributed by atoms with Gasteiger partial charge in [-0.25, -0.2) is 4.79 Å². The molecule has 4 unspecified atom stereocenters. The van der Waals surface area contributed by atoms with Crippen molar-refractivity contribution in [1.29, 1.82) is 0 Å². The summed E-state index contributed by atoms with van der Waals surface area (Å²) in [5, 5.41) is 42.1. The number of hydrogen-bond donors (Lipinski definition) is 8. The normalized spacial score (nSPS) is 14.5. The van der Waals surface area contributed by atoms with E-state index in [9.17, 15) is 28.8 Å². The molecule has 0 aliphatic rings. The molecule has 0 aromatic carbocycles. The van der Waals surface area contributed by atoms with Gasteiger partial charge in [-0.05, 0) is 18.8 Å². The van der Waals surface area contributed by atoms with Crippen molar-refractivity contribution in [2.75, 3.05) is 6.61 Å². The molecule has 0 aromatic rings. The van der Waals surface area contributed by atoms with Gasteiger partial charge >= 0.3 is 17.9 Å². The third-order valence-corrected chi connectivity index (χ3v) is 4.15. The molecule has 0 heterocycles. The Morgan fingerprint density at radius 2 is 1.28 bits per heavy atom. The van der Waals surface area contributed by atoms with Gasteiger partial charge < -0.3 is 42.1 Å². The smallest absolute Gasteiger partial charge is 0.328 e. The fourth-order valence-electron chi connectivity index (χ4n) is 2.51. The Hall–Kier alpha value is -3.26. The van der Waals surface area contributed by atoms with Crippen LogP contribution in [-0.2, 0) is 28.8 Å². The standard InChI is InChI=1S/C18H30N4O10/c1-8(2)5-10(20-15(28)9(19)3-4-13(24)25)16(29)21-11(6-14(26)27)17(30)22-12(7-23)18(31)32/h8-12,23H,3-7,19H2,1-2H3,(H,20,28)(H,21,29)(H,22,30)(H,24,25)(H,26,27)(H,31,32). The number of hydrogen-bond acceptors (Lipinski definition) is 8. The lowest BCUT2D eigenvalue weighted by atomic mass is 10.0. The maximum Gasteiger partial charge on any atom is 0.328 e. The summed E-state index contributed by atoms with van der Waals surface area (Å²) in [6, 6.07) is -5.85. The maximum atomic E-state index is 12.7. The van der Waals surface area contributed by atoms with Crippen molar-refractivity contribution < 1.29 is 49.2 Å². The zero-order valence-electron chi connectivity index (χ0n) is 17.7. The van der Waals surface area contributed by atoms with Crippen LogP contribution in [0, 0.1) is 5.92 Å². The van der Waals surface area contributed by atoms with Crippen molar-refractivity contribution in [1.82, 2.24) is 16.0 Å². The Labute approximate surface area is 183 Å². The maximum absolute atomic E-state index is 12.7. The van der Waals surface area contributed by atoms with Crippen molar-refractivity contribution in [3.8, 4) is 0 Å². The molecule has 0 saturated carbocycles. The number of aliphatic carboxylic acids is 3. The highest BCUT2D eigenvalue weighted by Gasteiger charge is 2.31. The highest BCUT2D eigenvalue weighted by molar-refractivity contribution is 5.95. The predicted octanol–water partition coefficient (Wildman–Crippen LogP) is -2.77. The monoisotopic (exact) mass is 462 g/mol. The number of aliphatic hydroxyl groups excluding tert-OH is 1. The number of carbonyl (C=O) groups excluding carboxylic acids is 3. The van der Waals surface area contributed by atoms with Gasteiger partial charge in [0.1, 0.15) is 18.1 Å². The van der Waals surface area contributed by atoms with Gasteiger partial charge in [-0.2, -0.15) is 0 Å². The van der Waals surface area contributed by atoms with Gasteiger partial charge in [0.25, 0.3) is 0 Å². The second kappa shape index (κ2) is 13.9. The van der Waals surface area contributed by atoms with Gasteiger partial charge in [0.2, 0.25) is 17.7 Å². The van der Waals surface area contributed by atoms with Gasteiger partial charge in [0.05, 0.1) is 19.1 Å². The van der Waals surface area contributed by atoms with Crippen LogP contribution in [0.5, 0.6) is 0 Å². The van der Waals surface area contributed by atoms with Crippen LogP contribution in [0.1, 0.15) is 39.5 Å². The van der Waals surface area contributed by atoms with E-state index in [1.165, 1.54) is 0 Å². The summed E-state index contributed by atoms with van der Waals surface area (Å²) < 4.78 is 0. The molecule has 0 fully saturated rings. The van der Waals surface area contributed by atoms with E-state index in [1.54, 1.807) is 13.8 Å². The minimum Gasteiger partial charge on any atom is -0.481 e. The van der Waals surface area contributed by atoms with Gasteiger partial charge in [0, 0.05) is 6.42 Å². The summed E-state index contributed by atoms with van der Waals surface area (Å²) in [6.07, 6.45) is -1.36. The summed E-state index contributed by atoms with van der Waals surface area (Å²) in [6.45, 7) is 2.50. The molecule has 0 aromatic heterocycles. The topological polar surface area (TPSA) is 245 Å². The SMILES string of the molecule is CC(C)CC(NC(=O)C(N)CCC(=O)O)C(=O)NC(CC(=O)O)C(=O)NC(CO)C(=O)O. The van der Waals surface area contributed by atoms with Crippen LogP contribution in [0.3, 0.4) is 0 Å². The molecular formula is C18H30N4O10. The lowest BCUT2D eigenvalue weighted by Gasteiger charge is -2.25. The van der Waals surface area contributed by atoms with Crippen molar-refractivity contribution in [2.45, 2.75) is 63.7 Å². The Morgan fingerprint density at radius 1 is 0.781 bits per heavy atom. The number of carboxylic acids is 3. The third kappa shape index (κ3) is 11.2. The molecule has 0 aliphatic heterocycles. The van der Waals surface area contributed by atoms with Crippen molar-refractivity contribution in [3.63, 3.8) is 0 Å². The third-order valence-electron chi connectivity index (χ3n) is 4.15. The molecule has 0 rings (SSSR count). The summed E-state index contributed by atoms with van der Waals surface area (Å²) in [4.78, 5) is 69.9. The van der Waals surface area contributed by atoms with E-state index in [-0.39, 0.29) is 25.2 Å². The molecule has 0 saturated heterocycles. The number of carbonyl (C=O) groups is 6. The number of nitrogens with two attached hydrogens (primary N) is 1. The zero-order chi connectivity index (χ0) is 25.0. The van der Waals surface area contributed by atoms with Crippen molar-refractivity contribution >= 4 is 35.6 Å². The summed E-state index contributed by atoms with van der Waals surface area (Å²) in [7, 11) is 0. The van der Waals surface area contributed by atoms with Gasteiger partial charge in [0.15, 0.2) is 0 Å². The van der Waals surface area contributed by atoms with E-state index < -0.39 is 72.8 Å². The van der Waals surface area contributed by atoms with Crippen LogP contribution >= 0.6 is 0 Å². The van der Waals surface area contributed by atoms with E-state index in [4.69, 9.17) is 26.2 Å². The Balaban J connectivity index is 5.41. The first kappa shape index (κ1) is 28.7. The Morgan fingerprint density at radius 3 is 1.72 bits per heavy atom. The molecule has 0 radical (unpaired) electrons. The second-order valence-corrected chi connectivity index (χ2v) is 7.47. The molecule has 3 amide bonds. The van der Waals surface area contributed by atoms with Crippen LogP contribution in [-0.4, -0.2) is 86.8 Å². The van der Waals surface area contributed by atoms with E-state index in [1.807, 2.05) is 5.32 Å².